The van der Waals surface area contributed by atoms with Gasteiger partial charge < -0.3 is 10.6 Å². The van der Waals surface area contributed by atoms with Crippen LogP contribution in [0.25, 0.3) is 0 Å². The summed E-state index contributed by atoms with van der Waals surface area (Å²) >= 11 is 0. The standard InChI is InChI=1S/C14H20N2O2/c1-9(2)12(14(18)15-4)16-13(17)11-7-5-10(3)6-8-11/h5-9,12H,1-4H3,(H,15,18)(H,16,17)/t12-/m1/s1. The van der Waals surface area contributed by atoms with E-state index in [9.17, 15) is 9.59 Å². The Labute approximate surface area is 108 Å². The van der Waals surface area contributed by atoms with Crippen molar-refractivity contribution in [3.05, 3.63) is 35.4 Å². The molecule has 0 radical (unpaired) electrons. The molecule has 0 bridgehead atoms. The summed E-state index contributed by atoms with van der Waals surface area (Å²) in [5.41, 5.74) is 1.66. The Kier molecular flexibility index (Phi) is 4.89. The molecule has 1 aromatic carbocycles. The van der Waals surface area contributed by atoms with Crippen molar-refractivity contribution in [2.45, 2.75) is 26.8 Å². The molecule has 4 nitrogen and oxygen atoms in total. The van der Waals surface area contributed by atoms with Crippen LogP contribution in [0.2, 0.25) is 0 Å². The number of nitrogens with one attached hydrogen (secondary N) is 2. The molecule has 18 heavy (non-hydrogen) atoms. The number of likely N-dealkylation sites (N-methyl/N-ethyl adjacent to an activating group) is 1. The summed E-state index contributed by atoms with van der Waals surface area (Å²) in [4.78, 5) is 23.6. The number of hydrogen-bond donors (Lipinski definition) is 2. The molecule has 1 rings (SSSR count). The van der Waals surface area contributed by atoms with Gasteiger partial charge in [-0.2, -0.15) is 0 Å². The second-order valence-electron chi connectivity index (χ2n) is 4.68. The lowest BCUT2D eigenvalue weighted by atomic mass is 10.0. The van der Waals surface area contributed by atoms with Crippen LogP contribution in [0, 0.1) is 12.8 Å². The second-order valence-corrected chi connectivity index (χ2v) is 4.68. The highest BCUT2D eigenvalue weighted by Crippen LogP contribution is 2.06. The monoisotopic (exact) mass is 248 g/mol. The Balaban J connectivity index is 2.78. The molecule has 0 aliphatic carbocycles. The average molecular weight is 248 g/mol. The van der Waals surface area contributed by atoms with Crippen molar-refractivity contribution < 1.29 is 9.59 Å². The van der Waals surface area contributed by atoms with Gasteiger partial charge in [-0.05, 0) is 25.0 Å². The SMILES string of the molecule is CNC(=O)[C@H](NC(=O)c1ccc(C)cc1)C(C)C. The van der Waals surface area contributed by atoms with Gasteiger partial charge in [-0.25, -0.2) is 0 Å². The summed E-state index contributed by atoms with van der Waals surface area (Å²) in [6.45, 7) is 5.76. The van der Waals surface area contributed by atoms with E-state index in [2.05, 4.69) is 10.6 Å². The van der Waals surface area contributed by atoms with E-state index in [4.69, 9.17) is 0 Å². The van der Waals surface area contributed by atoms with E-state index in [1.807, 2.05) is 32.9 Å². The first-order valence-corrected chi connectivity index (χ1v) is 6.04. The van der Waals surface area contributed by atoms with E-state index in [-0.39, 0.29) is 17.7 Å². The molecule has 1 atom stereocenters. The fourth-order valence-electron chi connectivity index (χ4n) is 1.62. The Morgan fingerprint density at radius 2 is 1.67 bits per heavy atom. The van der Waals surface area contributed by atoms with Crippen molar-refractivity contribution in [2.24, 2.45) is 5.92 Å². The van der Waals surface area contributed by atoms with Crippen molar-refractivity contribution in [1.29, 1.82) is 0 Å². The zero-order valence-corrected chi connectivity index (χ0v) is 11.3. The number of carbonyl (C=O) groups is 2. The van der Waals surface area contributed by atoms with Gasteiger partial charge in [0.15, 0.2) is 0 Å². The molecule has 0 heterocycles. The van der Waals surface area contributed by atoms with Gasteiger partial charge >= 0.3 is 0 Å². The number of carbonyl (C=O) groups excluding carboxylic acids is 2. The van der Waals surface area contributed by atoms with E-state index in [0.29, 0.717) is 5.56 Å². The quantitative estimate of drug-likeness (QED) is 0.848. The van der Waals surface area contributed by atoms with Crippen molar-refractivity contribution in [1.82, 2.24) is 10.6 Å². The molecule has 0 aliphatic heterocycles. The highest BCUT2D eigenvalue weighted by Gasteiger charge is 2.23. The van der Waals surface area contributed by atoms with E-state index >= 15 is 0 Å². The highest BCUT2D eigenvalue weighted by atomic mass is 16.2. The van der Waals surface area contributed by atoms with Crippen molar-refractivity contribution in [2.75, 3.05) is 7.05 Å². The molecule has 0 spiro atoms. The van der Waals surface area contributed by atoms with Gasteiger partial charge in [-0.1, -0.05) is 31.5 Å². The van der Waals surface area contributed by atoms with Crippen LogP contribution in [-0.4, -0.2) is 24.9 Å². The minimum absolute atomic E-state index is 0.0411. The minimum Gasteiger partial charge on any atom is -0.357 e. The van der Waals surface area contributed by atoms with E-state index in [0.717, 1.165) is 5.56 Å². The Bertz CT molecular complexity index is 424. The zero-order valence-electron chi connectivity index (χ0n) is 11.3. The van der Waals surface area contributed by atoms with E-state index in [1.165, 1.54) is 0 Å². The van der Waals surface area contributed by atoms with Gasteiger partial charge in [0.05, 0.1) is 0 Å². The van der Waals surface area contributed by atoms with Crippen LogP contribution in [0.4, 0.5) is 0 Å². The number of aryl methyl sites for hydroxylation is 1. The number of benzene rings is 1. The van der Waals surface area contributed by atoms with Crippen LogP contribution in [0.5, 0.6) is 0 Å². The second kappa shape index (κ2) is 6.19. The predicted octanol–water partition coefficient (Wildman–Crippen LogP) is 1.50. The van der Waals surface area contributed by atoms with Crippen molar-refractivity contribution in [3.8, 4) is 0 Å². The fraction of sp³-hybridized carbons (Fsp3) is 0.429. The molecule has 4 heteroatoms. The van der Waals surface area contributed by atoms with Gasteiger partial charge in [0.25, 0.3) is 5.91 Å². The molecule has 0 aliphatic rings. The van der Waals surface area contributed by atoms with Gasteiger partial charge in [0.2, 0.25) is 5.91 Å². The topological polar surface area (TPSA) is 58.2 Å². The zero-order chi connectivity index (χ0) is 13.7. The number of hydrogen-bond acceptors (Lipinski definition) is 2. The van der Waals surface area contributed by atoms with Gasteiger partial charge in [-0.15, -0.1) is 0 Å². The summed E-state index contributed by atoms with van der Waals surface area (Å²) in [5.74, 6) is -0.359. The Hall–Kier alpha value is -1.84. The third kappa shape index (κ3) is 3.58. The third-order valence-electron chi connectivity index (χ3n) is 2.80. The molecule has 0 saturated carbocycles. The molecular formula is C14H20N2O2. The molecule has 98 valence electrons. The van der Waals surface area contributed by atoms with Crippen LogP contribution in [0.3, 0.4) is 0 Å². The lowest BCUT2D eigenvalue weighted by Crippen LogP contribution is -2.48. The van der Waals surface area contributed by atoms with Crippen LogP contribution in [0.15, 0.2) is 24.3 Å². The number of rotatable bonds is 4. The van der Waals surface area contributed by atoms with Crippen molar-refractivity contribution in [3.63, 3.8) is 0 Å². The Morgan fingerprint density at radius 3 is 2.11 bits per heavy atom. The predicted molar refractivity (Wildman–Crippen MR) is 71.3 cm³/mol. The third-order valence-corrected chi connectivity index (χ3v) is 2.80. The van der Waals surface area contributed by atoms with Crippen LogP contribution < -0.4 is 10.6 Å². The van der Waals surface area contributed by atoms with Crippen LogP contribution in [-0.2, 0) is 4.79 Å². The molecular weight excluding hydrogens is 228 g/mol. The maximum absolute atomic E-state index is 12.0. The summed E-state index contributed by atoms with van der Waals surface area (Å²) in [6.07, 6.45) is 0. The van der Waals surface area contributed by atoms with Crippen molar-refractivity contribution >= 4 is 11.8 Å². The van der Waals surface area contributed by atoms with E-state index in [1.54, 1.807) is 19.2 Å². The normalized spacial score (nSPS) is 12.1. The minimum atomic E-state index is -0.510. The molecule has 0 fully saturated rings. The molecule has 0 unspecified atom stereocenters. The van der Waals surface area contributed by atoms with Crippen LogP contribution in [0.1, 0.15) is 29.8 Å². The van der Waals surface area contributed by atoms with E-state index < -0.39 is 6.04 Å². The smallest absolute Gasteiger partial charge is 0.251 e. The number of amides is 2. The summed E-state index contributed by atoms with van der Waals surface area (Å²) < 4.78 is 0. The Morgan fingerprint density at radius 1 is 1.11 bits per heavy atom. The first-order valence-electron chi connectivity index (χ1n) is 6.04. The fourth-order valence-corrected chi connectivity index (χ4v) is 1.62. The molecule has 0 aromatic heterocycles. The maximum atomic E-state index is 12.0. The average Bonchev–Trinajstić information content (AvgIpc) is 2.35. The summed E-state index contributed by atoms with van der Waals surface area (Å²) in [7, 11) is 1.57. The molecule has 0 saturated heterocycles. The molecule has 2 N–H and O–H groups in total. The maximum Gasteiger partial charge on any atom is 0.251 e. The van der Waals surface area contributed by atoms with Gasteiger partial charge in [0.1, 0.15) is 6.04 Å². The first-order chi connectivity index (χ1) is 8.45. The van der Waals surface area contributed by atoms with Crippen LogP contribution >= 0.6 is 0 Å². The summed E-state index contributed by atoms with van der Waals surface area (Å²) in [6, 6.07) is 6.75. The molecule has 1 aromatic rings. The highest BCUT2D eigenvalue weighted by molar-refractivity contribution is 5.97. The van der Waals surface area contributed by atoms with Gasteiger partial charge in [-0.3, -0.25) is 9.59 Å². The lowest BCUT2D eigenvalue weighted by Gasteiger charge is -2.20. The largest absolute Gasteiger partial charge is 0.357 e. The van der Waals surface area contributed by atoms with Gasteiger partial charge in [0, 0.05) is 12.6 Å². The first kappa shape index (κ1) is 14.2. The summed E-state index contributed by atoms with van der Waals surface area (Å²) in [5, 5.41) is 5.31. The lowest BCUT2D eigenvalue weighted by molar-refractivity contribution is -0.123. The molecule has 2 amide bonds.